The zero-order chi connectivity index (χ0) is 14.4. The molecule has 1 heterocycles. The molecule has 0 amide bonds. The van der Waals surface area contributed by atoms with E-state index in [1.807, 2.05) is 12.1 Å². The highest BCUT2D eigenvalue weighted by atomic mass is 35.5. The van der Waals surface area contributed by atoms with Gasteiger partial charge in [0.2, 0.25) is 0 Å². The third-order valence-corrected chi connectivity index (χ3v) is 3.96. The van der Waals surface area contributed by atoms with Crippen LogP contribution in [0.15, 0.2) is 18.2 Å². The average Bonchev–Trinajstić information content (AvgIpc) is 2.48. The van der Waals surface area contributed by atoms with Crippen molar-refractivity contribution >= 4 is 12.4 Å². The highest BCUT2D eigenvalue weighted by Crippen LogP contribution is 2.26. The summed E-state index contributed by atoms with van der Waals surface area (Å²) in [5, 5.41) is 3.42. The first-order chi connectivity index (χ1) is 9.72. The van der Waals surface area contributed by atoms with E-state index in [2.05, 4.69) is 23.3 Å². The standard InChI is InChI=1S/C16H26N2O2.ClH/c1-18(11-13-6-8-17-9-7-13)12-14-4-5-15(19-2)10-16(14)20-3;/h4-5,10,13,17H,6-9,11-12H2,1-3H3;1H. The summed E-state index contributed by atoms with van der Waals surface area (Å²) in [5.41, 5.74) is 1.21. The number of hydrogen-bond donors (Lipinski definition) is 1. The maximum absolute atomic E-state index is 5.46. The predicted octanol–water partition coefficient (Wildman–Crippen LogP) is 2.56. The Hall–Kier alpha value is -0.970. The second-order valence-electron chi connectivity index (χ2n) is 5.57. The van der Waals surface area contributed by atoms with Gasteiger partial charge in [-0.05, 0) is 45.0 Å². The second-order valence-corrected chi connectivity index (χ2v) is 5.57. The number of methoxy groups -OCH3 is 2. The van der Waals surface area contributed by atoms with Crippen LogP contribution in [0.2, 0.25) is 0 Å². The van der Waals surface area contributed by atoms with Crippen LogP contribution >= 0.6 is 12.4 Å². The Kier molecular flexibility index (Phi) is 7.86. The number of benzene rings is 1. The molecule has 0 atom stereocenters. The molecule has 1 aliphatic rings. The van der Waals surface area contributed by atoms with Crippen molar-refractivity contribution in [1.29, 1.82) is 0 Å². The first-order valence-corrected chi connectivity index (χ1v) is 7.33. The first kappa shape index (κ1) is 18.1. The molecule has 0 unspecified atom stereocenters. The molecule has 1 aliphatic heterocycles. The lowest BCUT2D eigenvalue weighted by molar-refractivity contribution is 0.232. The van der Waals surface area contributed by atoms with Gasteiger partial charge in [0.15, 0.2) is 0 Å². The van der Waals surface area contributed by atoms with Crippen molar-refractivity contribution in [2.24, 2.45) is 5.92 Å². The lowest BCUT2D eigenvalue weighted by atomic mass is 9.97. The summed E-state index contributed by atoms with van der Waals surface area (Å²) in [6, 6.07) is 6.04. The molecular formula is C16H27ClN2O2. The minimum atomic E-state index is 0. The van der Waals surface area contributed by atoms with Crippen molar-refractivity contribution in [3.63, 3.8) is 0 Å². The van der Waals surface area contributed by atoms with Gasteiger partial charge in [-0.25, -0.2) is 0 Å². The fraction of sp³-hybridized carbons (Fsp3) is 0.625. The zero-order valence-corrected chi connectivity index (χ0v) is 14.0. The van der Waals surface area contributed by atoms with Crippen molar-refractivity contribution in [3.8, 4) is 11.5 Å². The minimum absolute atomic E-state index is 0. The summed E-state index contributed by atoms with van der Waals surface area (Å²) in [5.74, 6) is 2.55. The van der Waals surface area contributed by atoms with Gasteiger partial charge in [0.05, 0.1) is 14.2 Å². The number of nitrogens with zero attached hydrogens (tertiary/aromatic N) is 1. The molecule has 0 bridgehead atoms. The van der Waals surface area contributed by atoms with E-state index in [9.17, 15) is 0 Å². The quantitative estimate of drug-likeness (QED) is 0.875. The van der Waals surface area contributed by atoms with Crippen LogP contribution in [0.4, 0.5) is 0 Å². The predicted molar refractivity (Wildman–Crippen MR) is 88.7 cm³/mol. The maximum Gasteiger partial charge on any atom is 0.127 e. The monoisotopic (exact) mass is 314 g/mol. The fourth-order valence-electron chi connectivity index (χ4n) is 2.84. The molecule has 1 N–H and O–H groups in total. The van der Waals surface area contributed by atoms with Crippen LogP contribution < -0.4 is 14.8 Å². The van der Waals surface area contributed by atoms with Crippen LogP contribution in [0.5, 0.6) is 11.5 Å². The Balaban J connectivity index is 0.00000220. The number of rotatable bonds is 6. The highest BCUT2D eigenvalue weighted by molar-refractivity contribution is 5.85. The summed E-state index contributed by atoms with van der Waals surface area (Å²) in [4.78, 5) is 2.39. The van der Waals surface area contributed by atoms with Gasteiger partial charge in [0, 0.05) is 24.7 Å². The summed E-state index contributed by atoms with van der Waals surface area (Å²) >= 11 is 0. The van der Waals surface area contributed by atoms with Gasteiger partial charge in [-0.15, -0.1) is 12.4 Å². The molecule has 0 spiro atoms. The molecule has 1 fully saturated rings. The Morgan fingerprint density at radius 3 is 2.52 bits per heavy atom. The van der Waals surface area contributed by atoms with E-state index < -0.39 is 0 Å². The van der Waals surface area contributed by atoms with Crippen molar-refractivity contribution in [2.75, 3.05) is 40.9 Å². The summed E-state index contributed by atoms with van der Waals surface area (Å²) in [6.07, 6.45) is 2.56. The second kappa shape index (κ2) is 9.13. The molecule has 1 aromatic rings. The van der Waals surface area contributed by atoms with Crippen LogP contribution in [-0.2, 0) is 6.54 Å². The normalized spacial score (nSPS) is 15.6. The third kappa shape index (κ3) is 5.38. The van der Waals surface area contributed by atoms with Gasteiger partial charge in [-0.1, -0.05) is 6.07 Å². The molecular weight excluding hydrogens is 288 g/mol. The first-order valence-electron chi connectivity index (χ1n) is 7.33. The number of ether oxygens (including phenoxy) is 2. The SMILES string of the molecule is COc1ccc(CN(C)CC2CCNCC2)c(OC)c1.Cl. The maximum atomic E-state index is 5.46. The number of nitrogens with one attached hydrogen (secondary N) is 1. The van der Waals surface area contributed by atoms with Crippen molar-refractivity contribution in [1.82, 2.24) is 10.2 Å². The number of piperidine rings is 1. The van der Waals surface area contributed by atoms with Crippen molar-refractivity contribution in [3.05, 3.63) is 23.8 Å². The van der Waals surface area contributed by atoms with E-state index in [0.29, 0.717) is 0 Å². The van der Waals surface area contributed by atoms with Gasteiger partial charge in [-0.2, -0.15) is 0 Å². The van der Waals surface area contributed by atoms with E-state index in [4.69, 9.17) is 9.47 Å². The van der Waals surface area contributed by atoms with Crippen LogP contribution in [0.1, 0.15) is 18.4 Å². The van der Waals surface area contributed by atoms with Crippen LogP contribution in [0.3, 0.4) is 0 Å². The molecule has 1 aromatic carbocycles. The van der Waals surface area contributed by atoms with Crippen LogP contribution in [0.25, 0.3) is 0 Å². The molecule has 0 saturated carbocycles. The molecule has 21 heavy (non-hydrogen) atoms. The van der Waals surface area contributed by atoms with E-state index in [1.165, 1.54) is 18.4 Å². The Bertz CT molecular complexity index is 423. The van der Waals surface area contributed by atoms with E-state index in [1.54, 1.807) is 14.2 Å². The molecule has 5 heteroatoms. The lowest BCUT2D eigenvalue weighted by Gasteiger charge is -2.27. The van der Waals surface area contributed by atoms with Crippen LogP contribution in [0, 0.1) is 5.92 Å². The Labute approximate surface area is 134 Å². The topological polar surface area (TPSA) is 33.7 Å². The highest BCUT2D eigenvalue weighted by Gasteiger charge is 2.16. The fourth-order valence-corrected chi connectivity index (χ4v) is 2.84. The smallest absolute Gasteiger partial charge is 0.127 e. The molecule has 2 rings (SSSR count). The zero-order valence-electron chi connectivity index (χ0n) is 13.2. The summed E-state index contributed by atoms with van der Waals surface area (Å²) in [6.45, 7) is 4.38. The van der Waals surface area contributed by atoms with E-state index >= 15 is 0 Å². The van der Waals surface area contributed by atoms with E-state index in [0.717, 1.165) is 43.6 Å². The van der Waals surface area contributed by atoms with Gasteiger partial charge >= 0.3 is 0 Å². The molecule has 120 valence electrons. The molecule has 0 radical (unpaired) electrons. The van der Waals surface area contributed by atoms with Gasteiger partial charge in [0.25, 0.3) is 0 Å². The summed E-state index contributed by atoms with van der Waals surface area (Å²) in [7, 11) is 5.58. The van der Waals surface area contributed by atoms with Gasteiger partial charge in [0.1, 0.15) is 11.5 Å². The lowest BCUT2D eigenvalue weighted by Crippen LogP contribution is -2.34. The minimum Gasteiger partial charge on any atom is -0.497 e. The van der Waals surface area contributed by atoms with Crippen molar-refractivity contribution < 1.29 is 9.47 Å². The third-order valence-electron chi connectivity index (χ3n) is 3.96. The molecule has 0 aliphatic carbocycles. The Morgan fingerprint density at radius 2 is 1.90 bits per heavy atom. The average molecular weight is 315 g/mol. The number of halogens is 1. The molecule has 0 aromatic heterocycles. The number of hydrogen-bond acceptors (Lipinski definition) is 4. The van der Waals surface area contributed by atoms with Gasteiger partial charge in [-0.3, -0.25) is 0 Å². The van der Waals surface area contributed by atoms with E-state index in [-0.39, 0.29) is 12.4 Å². The molecule has 1 saturated heterocycles. The molecule has 4 nitrogen and oxygen atoms in total. The van der Waals surface area contributed by atoms with Crippen molar-refractivity contribution in [2.45, 2.75) is 19.4 Å². The largest absolute Gasteiger partial charge is 0.497 e. The van der Waals surface area contributed by atoms with Gasteiger partial charge < -0.3 is 19.7 Å². The Morgan fingerprint density at radius 1 is 1.19 bits per heavy atom. The van der Waals surface area contributed by atoms with Crippen LogP contribution in [-0.4, -0.2) is 45.8 Å². The summed E-state index contributed by atoms with van der Waals surface area (Å²) < 4.78 is 10.7.